The molecule has 0 saturated carbocycles. The summed E-state index contributed by atoms with van der Waals surface area (Å²) in [5.41, 5.74) is 2.15. The lowest BCUT2D eigenvalue weighted by atomic mass is 9.88. The molecule has 0 spiro atoms. The molecule has 1 aliphatic heterocycles. The van der Waals surface area contributed by atoms with E-state index >= 15 is 0 Å². The van der Waals surface area contributed by atoms with E-state index in [9.17, 15) is 18.3 Å². The minimum absolute atomic E-state index is 0.0490. The Labute approximate surface area is 200 Å². The molecule has 3 aromatic carbocycles. The Morgan fingerprint density at radius 1 is 0.941 bits per heavy atom. The molecule has 2 atom stereocenters. The minimum Gasteiger partial charge on any atom is -0.512 e. The number of carbonyl (C=O) groups is 1. The second kappa shape index (κ2) is 9.83. The smallest absolute Gasteiger partial charge is 0.339 e. The van der Waals surface area contributed by atoms with Crippen LogP contribution >= 0.6 is 0 Å². The lowest BCUT2D eigenvalue weighted by Gasteiger charge is -2.41. The third kappa shape index (κ3) is 4.49. The number of sulfonamides is 1. The van der Waals surface area contributed by atoms with Crippen LogP contribution < -0.4 is 0 Å². The van der Waals surface area contributed by atoms with Crippen molar-refractivity contribution in [3.05, 3.63) is 113 Å². The quantitative estimate of drug-likeness (QED) is 0.491. The maximum atomic E-state index is 14.2. The number of aliphatic hydroxyl groups is 1. The van der Waals surface area contributed by atoms with Crippen molar-refractivity contribution in [2.24, 2.45) is 0 Å². The zero-order valence-corrected chi connectivity index (χ0v) is 19.9. The van der Waals surface area contributed by atoms with Gasteiger partial charge in [0.15, 0.2) is 0 Å². The number of rotatable bonds is 6. The van der Waals surface area contributed by atoms with Crippen molar-refractivity contribution in [2.75, 3.05) is 6.61 Å². The van der Waals surface area contributed by atoms with Crippen LogP contribution in [0.25, 0.3) is 0 Å². The number of hydrogen-bond donors (Lipinski definition) is 1. The van der Waals surface area contributed by atoms with E-state index in [0.29, 0.717) is 11.1 Å². The van der Waals surface area contributed by atoms with Gasteiger partial charge < -0.3 is 9.84 Å². The molecule has 4 rings (SSSR count). The highest BCUT2D eigenvalue weighted by Gasteiger charge is 2.47. The van der Waals surface area contributed by atoms with E-state index in [4.69, 9.17) is 4.74 Å². The van der Waals surface area contributed by atoms with Crippen LogP contribution in [-0.2, 0) is 19.6 Å². The number of nitrogens with zero attached hydrogens (tertiary/aromatic N) is 1. The van der Waals surface area contributed by atoms with Gasteiger partial charge in [-0.2, -0.15) is 4.31 Å². The predicted octanol–water partition coefficient (Wildman–Crippen LogP) is 5.25. The van der Waals surface area contributed by atoms with Gasteiger partial charge in [0.1, 0.15) is 5.76 Å². The summed E-state index contributed by atoms with van der Waals surface area (Å²) < 4.78 is 34.9. The van der Waals surface area contributed by atoms with Crippen LogP contribution in [0.15, 0.2) is 101 Å². The van der Waals surface area contributed by atoms with Crippen molar-refractivity contribution < 1.29 is 23.1 Å². The average molecular weight is 478 g/mol. The highest BCUT2D eigenvalue weighted by molar-refractivity contribution is 7.89. The number of benzene rings is 3. The standard InChI is InChI=1S/C27H27NO5S/c1-3-33-27(30)25-24(29)18-23(20-10-6-4-7-11-20)28(26(25)21-12-8-5-9-13-21)34(31,32)22-16-14-19(2)15-17-22/h4-17,23,26,29H,3,18H2,1-2H3/t23-,26-/m0/s1. The summed E-state index contributed by atoms with van der Waals surface area (Å²) in [7, 11) is -4.10. The number of ether oxygens (including phenoxy) is 1. The lowest BCUT2D eigenvalue weighted by Crippen LogP contribution is -2.44. The molecule has 0 aromatic heterocycles. The summed E-state index contributed by atoms with van der Waals surface area (Å²) in [4.78, 5) is 13.1. The second-order valence-electron chi connectivity index (χ2n) is 8.17. The van der Waals surface area contributed by atoms with Gasteiger partial charge in [0.25, 0.3) is 0 Å². The Morgan fingerprint density at radius 2 is 1.50 bits per heavy atom. The highest BCUT2D eigenvalue weighted by atomic mass is 32.2. The molecule has 0 aliphatic carbocycles. The van der Waals surface area contributed by atoms with Gasteiger partial charge in [0.2, 0.25) is 10.0 Å². The Bertz CT molecular complexity index is 1290. The summed E-state index contributed by atoms with van der Waals surface area (Å²) in [5.74, 6) is -0.902. The van der Waals surface area contributed by atoms with Gasteiger partial charge in [-0.25, -0.2) is 13.2 Å². The molecule has 1 heterocycles. The Hall–Kier alpha value is -3.42. The van der Waals surface area contributed by atoms with Gasteiger partial charge in [0.05, 0.1) is 29.2 Å². The SMILES string of the molecule is CCOC(=O)C1=C(O)C[C@@H](c2ccccc2)N(S(=O)(=O)c2ccc(C)cc2)[C@H]1c1ccccc1. The van der Waals surface area contributed by atoms with Gasteiger partial charge in [-0.15, -0.1) is 0 Å². The fourth-order valence-corrected chi connectivity index (χ4v) is 6.07. The minimum atomic E-state index is -4.10. The molecule has 7 heteroatoms. The molecule has 1 aliphatic rings. The lowest BCUT2D eigenvalue weighted by molar-refractivity contribution is -0.139. The molecule has 0 fully saturated rings. The van der Waals surface area contributed by atoms with Crippen LogP contribution in [0.1, 0.15) is 42.1 Å². The van der Waals surface area contributed by atoms with E-state index < -0.39 is 28.1 Å². The zero-order chi connectivity index (χ0) is 24.3. The maximum Gasteiger partial charge on any atom is 0.339 e. The number of hydrogen-bond acceptors (Lipinski definition) is 5. The summed E-state index contributed by atoms with van der Waals surface area (Å²) >= 11 is 0. The van der Waals surface area contributed by atoms with Crippen molar-refractivity contribution in [3.63, 3.8) is 0 Å². The molecule has 6 nitrogen and oxygen atoms in total. The third-order valence-corrected chi connectivity index (χ3v) is 7.81. The molecule has 1 N–H and O–H groups in total. The van der Waals surface area contributed by atoms with Gasteiger partial charge >= 0.3 is 5.97 Å². The summed E-state index contributed by atoms with van der Waals surface area (Å²) in [5, 5.41) is 11.1. The summed E-state index contributed by atoms with van der Waals surface area (Å²) in [6, 6.07) is 22.8. The molecule has 0 bridgehead atoms. The van der Waals surface area contributed by atoms with Crippen LogP contribution in [0.5, 0.6) is 0 Å². The Kier molecular flexibility index (Phi) is 6.86. The third-order valence-electron chi connectivity index (χ3n) is 5.92. The van der Waals surface area contributed by atoms with E-state index in [1.165, 1.54) is 4.31 Å². The van der Waals surface area contributed by atoms with Crippen LogP contribution in [0.3, 0.4) is 0 Å². The molecule has 34 heavy (non-hydrogen) atoms. The monoisotopic (exact) mass is 477 g/mol. The summed E-state index contributed by atoms with van der Waals surface area (Å²) in [6.07, 6.45) is -0.0490. The summed E-state index contributed by atoms with van der Waals surface area (Å²) in [6.45, 7) is 3.66. The van der Waals surface area contributed by atoms with Crippen molar-refractivity contribution in [1.29, 1.82) is 0 Å². The predicted molar refractivity (Wildman–Crippen MR) is 129 cm³/mol. The van der Waals surface area contributed by atoms with Crippen LogP contribution in [-0.4, -0.2) is 30.4 Å². The molecular formula is C27H27NO5S. The fraction of sp³-hybridized carbons (Fsp3) is 0.222. The van der Waals surface area contributed by atoms with Gasteiger partial charge in [0, 0.05) is 6.42 Å². The molecule has 0 unspecified atom stereocenters. The number of aryl methyl sites for hydroxylation is 1. The molecular weight excluding hydrogens is 450 g/mol. The molecule has 0 amide bonds. The molecule has 0 radical (unpaired) electrons. The highest BCUT2D eigenvalue weighted by Crippen LogP contribution is 2.47. The number of esters is 1. The Morgan fingerprint density at radius 3 is 2.06 bits per heavy atom. The van der Waals surface area contributed by atoms with Gasteiger partial charge in [-0.1, -0.05) is 78.4 Å². The first-order valence-electron chi connectivity index (χ1n) is 11.1. The van der Waals surface area contributed by atoms with Gasteiger partial charge in [-0.05, 0) is 37.1 Å². The number of carbonyl (C=O) groups excluding carboxylic acids is 1. The van der Waals surface area contributed by atoms with E-state index in [-0.39, 0.29) is 29.3 Å². The van der Waals surface area contributed by atoms with Crippen LogP contribution in [0, 0.1) is 6.92 Å². The normalized spacial score (nSPS) is 19.1. The van der Waals surface area contributed by atoms with E-state index in [0.717, 1.165) is 5.56 Å². The van der Waals surface area contributed by atoms with E-state index in [1.807, 2.05) is 43.3 Å². The first-order chi connectivity index (χ1) is 16.3. The van der Waals surface area contributed by atoms with E-state index in [1.54, 1.807) is 55.5 Å². The van der Waals surface area contributed by atoms with Crippen molar-refractivity contribution >= 4 is 16.0 Å². The number of aliphatic hydroxyl groups excluding tert-OH is 1. The topological polar surface area (TPSA) is 83.9 Å². The largest absolute Gasteiger partial charge is 0.512 e. The zero-order valence-electron chi connectivity index (χ0n) is 19.1. The van der Waals surface area contributed by atoms with Crippen molar-refractivity contribution in [3.8, 4) is 0 Å². The first kappa shape index (κ1) is 23.7. The Balaban J connectivity index is 1.99. The first-order valence-corrected chi connectivity index (χ1v) is 12.6. The molecule has 0 saturated heterocycles. The van der Waals surface area contributed by atoms with Gasteiger partial charge in [-0.3, -0.25) is 0 Å². The maximum absolute atomic E-state index is 14.2. The van der Waals surface area contributed by atoms with Crippen LogP contribution in [0.4, 0.5) is 0 Å². The second-order valence-corrected chi connectivity index (χ2v) is 10.0. The molecule has 176 valence electrons. The average Bonchev–Trinajstić information content (AvgIpc) is 2.84. The van der Waals surface area contributed by atoms with Crippen LogP contribution in [0.2, 0.25) is 0 Å². The van der Waals surface area contributed by atoms with Crippen molar-refractivity contribution in [2.45, 2.75) is 37.2 Å². The van der Waals surface area contributed by atoms with Crippen molar-refractivity contribution in [1.82, 2.24) is 4.31 Å². The molecule has 3 aromatic rings. The van der Waals surface area contributed by atoms with E-state index in [2.05, 4.69) is 0 Å². The fourth-order valence-electron chi connectivity index (χ4n) is 4.31.